The van der Waals surface area contributed by atoms with E-state index in [4.69, 9.17) is 0 Å². The van der Waals surface area contributed by atoms with Crippen LogP contribution in [-0.4, -0.2) is 0 Å². The molecule has 0 aliphatic heterocycles. The molecule has 22 heavy (non-hydrogen) atoms. The summed E-state index contributed by atoms with van der Waals surface area (Å²) >= 11 is 0. The van der Waals surface area contributed by atoms with Crippen molar-refractivity contribution in [1.29, 1.82) is 0 Å². The maximum absolute atomic E-state index is 13.0. The molecule has 0 saturated carbocycles. The number of benzene rings is 3. The summed E-state index contributed by atoms with van der Waals surface area (Å²) in [5, 5.41) is 0. The van der Waals surface area contributed by atoms with E-state index in [0.717, 1.165) is 5.56 Å². The van der Waals surface area contributed by atoms with Crippen molar-refractivity contribution in [2.75, 3.05) is 0 Å². The van der Waals surface area contributed by atoms with E-state index in [0.29, 0.717) is 0 Å². The maximum atomic E-state index is 13.0. The number of allylic oxidation sites excluding steroid dienone is 1. The van der Waals surface area contributed by atoms with E-state index in [1.54, 1.807) is 12.1 Å². The molecule has 1 heteroatoms. The lowest BCUT2D eigenvalue weighted by molar-refractivity contribution is 0.628. The second-order valence-electron chi connectivity index (χ2n) is 5.21. The molecule has 0 atom stereocenters. The Balaban J connectivity index is 1.94. The van der Waals surface area contributed by atoms with Crippen LogP contribution < -0.4 is 0 Å². The predicted molar refractivity (Wildman–Crippen MR) is 90.2 cm³/mol. The van der Waals surface area contributed by atoms with Crippen LogP contribution in [0.3, 0.4) is 0 Å². The molecule has 0 radical (unpaired) electrons. The van der Waals surface area contributed by atoms with Crippen LogP contribution in [0.2, 0.25) is 0 Å². The van der Waals surface area contributed by atoms with Crippen LogP contribution in [0.5, 0.6) is 0 Å². The van der Waals surface area contributed by atoms with Crippen LogP contribution in [0, 0.1) is 5.82 Å². The van der Waals surface area contributed by atoms with Crippen molar-refractivity contribution >= 4 is 6.08 Å². The molecule has 3 rings (SSSR count). The van der Waals surface area contributed by atoms with Crippen LogP contribution in [0.25, 0.3) is 6.08 Å². The minimum atomic E-state index is -0.209. The van der Waals surface area contributed by atoms with Gasteiger partial charge in [-0.3, -0.25) is 0 Å². The third kappa shape index (κ3) is 3.50. The SMILES string of the molecule is Fc1ccc(/C=C/C(c2ccccc2)c2ccccc2)cc1. The molecule has 0 aliphatic rings. The smallest absolute Gasteiger partial charge is 0.123 e. The zero-order valence-corrected chi connectivity index (χ0v) is 12.2. The minimum absolute atomic E-state index is 0.187. The molecule has 0 fully saturated rings. The Morgan fingerprint density at radius 2 is 1.14 bits per heavy atom. The quantitative estimate of drug-likeness (QED) is 0.580. The lowest BCUT2D eigenvalue weighted by Gasteiger charge is -2.14. The van der Waals surface area contributed by atoms with E-state index in [-0.39, 0.29) is 11.7 Å². The molecule has 0 nitrogen and oxygen atoms in total. The molecule has 0 heterocycles. The highest BCUT2D eigenvalue weighted by Gasteiger charge is 2.09. The number of hydrogen-bond acceptors (Lipinski definition) is 0. The number of rotatable bonds is 4. The van der Waals surface area contributed by atoms with Gasteiger partial charge in [-0.1, -0.05) is 84.9 Å². The van der Waals surface area contributed by atoms with Crippen molar-refractivity contribution in [3.63, 3.8) is 0 Å². The second kappa shape index (κ2) is 6.86. The van der Waals surface area contributed by atoms with Crippen molar-refractivity contribution in [2.45, 2.75) is 5.92 Å². The summed E-state index contributed by atoms with van der Waals surface area (Å²) in [7, 11) is 0. The molecule has 0 spiro atoms. The Hall–Kier alpha value is -2.67. The summed E-state index contributed by atoms with van der Waals surface area (Å²) in [6.07, 6.45) is 4.21. The third-order valence-corrected chi connectivity index (χ3v) is 3.67. The monoisotopic (exact) mass is 288 g/mol. The largest absolute Gasteiger partial charge is 0.207 e. The molecule has 0 saturated heterocycles. The van der Waals surface area contributed by atoms with Crippen molar-refractivity contribution in [3.05, 3.63) is 114 Å². The van der Waals surface area contributed by atoms with Crippen LogP contribution in [0.4, 0.5) is 4.39 Å². The predicted octanol–water partition coefficient (Wildman–Crippen LogP) is 5.67. The first-order valence-electron chi connectivity index (χ1n) is 7.36. The van der Waals surface area contributed by atoms with Gasteiger partial charge in [-0.15, -0.1) is 0 Å². The Morgan fingerprint density at radius 1 is 0.636 bits per heavy atom. The molecule has 0 unspecified atom stereocenters. The molecule has 0 amide bonds. The Morgan fingerprint density at radius 3 is 1.64 bits per heavy atom. The van der Waals surface area contributed by atoms with Gasteiger partial charge in [-0.05, 0) is 28.8 Å². The zero-order chi connectivity index (χ0) is 15.2. The van der Waals surface area contributed by atoms with Gasteiger partial charge in [-0.2, -0.15) is 0 Å². The highest BCUT2D eigenvalue weighted by molar-refractivity contribution is 5.53. The van der Waals surface area contributed by atoms with E-state index >= 15 is 0 Å². The van der Waals surface area contributed by atoms with Crippen LogP contribution in [0.1, 0.15) is 22.6 Å². The van der Waals surface area contributed by atoms with Crippen LogP contribution in [0.15, 0.2) is 91.0 Å². The first-order valence-corrected chi connectivity index (χ1v) is 7.36. The molecular weight excluding hydrogens is 271 g/mol. The summed E-state index contributed by atoms with van der Waals surface area (Å²) in [4.78, 5) is 0. The Labute approximate surface area is 130 Å². The Bertz CT molecular complexity index is 688. The van der Waals surface area contributed by atoms with Gasteiger partial charge >= 0.3 is 0 Å². The average Bonchev–Trinajstić information content (AvgIpc) is 2.59. The minimum Gasteiger partial charge on any atom is -0.207 e. The summed E-state index contributed by atoms with van der Waals surface area (Å²) in [6, 6.07) is 27.3. The van der Waals surface area contributed by atoms with Crippen molar-refractivity contribution in [3.8, 4) is 0 Å². The summed E-state index contributed by atoms with van der Waals surface area (Å²) in [6.45, 7) is 0. The van der Waals surface area contributed by atoms with Crippen molar-refractivity contribution < 1.29 is 4.39 Å². The van der Waals surface area contributed by atoms with E-state index in [1.807, 2.05) is 18.2 Å². The summed E-state index contributed by atoms with van der Waals surface area (Å²) in [5.74, 6) is -0.0210. The lowest BCUT2D eigenvalue weighted by Crippen LogP contribution is -1.97. The fourth-order valence-electron chi connectivity index (χ4n) is 2.52. The van der Waals surface area contributed by atoms with Crippen LogP contribution >= 0.6 is 0 Å². The van der Waals surface area contributed by atoms with Crippen molar-refractivity contribution in [1.82, 2.24) is 0 Å². The molecule has 0 aliphatic carbocycles. The number of halogens is 1. The van der Waals surface area contributed by atoms with Gasteiger partial charge < -0.3 is 0 Å². The molecular formula is C21H17F. The third-order valence-electron chi connectivity index (χ3n) is 3.67. The highest BCUT2D eigenvalue weighted by Crippen LogP contribution is 2.26. The van der Waals surface area contributed by atoms with Crippen molar-refractivity contribution in [2.24, 2.45) is 0 Å². The Kier molecular flexibility index (Phi) is 4.45. The fourth-order valence-corrected chi connectivity index (χ4v) is 2.52. The summed E-state index contributed by atoms with van der Waals surface area (Å²) < 4.78 is 13.0. The molecule has 108 valence electrons. The van der Waals surface area contributed by atoms with Gasteiger partial charge in [0.25, 0.3) is 0 Å². The van der Waals surface area contributed by atoms with Gasteiger partial charge in [0, 0.05) is 5.92 Å². The fraction of sp³-hybridized carbons (Fsp3) is 0.0476. The molecule has 0 N–H and O–H groups in total. The maximum Gasteiger partial charge on any atom is 0.123 e. The molecule has 3 aromatic carbocycles. The number of hydrogen-bond donors (Lipinski definition) is 0. The molecule has 0 bridgehead atoms. The molecule has 0 aromatic heterocycles. The van der Waals surface area contributed by atoms with Gasteiger partial charge in [0.15, 0.2) is 0 Å². The van der Waals surface area contributed by atoms with Gasteiger partial charge in [0.05, 0.1) is 0 Å². The second-order valence-corrected chi connectivity index (χ2v) is 5.21. The average molecular weight is 288 g/mol. The first kappa shape index (κ1) is 14.3. The highest BCUT2D eigenvalue weighted by atomic mass is 19.1. The lowest BCUT2D eigenvalue weighted by atomic mass is 9.90. The molecule has 3 aromatic rings. The summed E-state index contributed by atoms with van der Waals surface area (Å²) in [5.41, 5.74) is 3.48. The van der Waals surface area contributed by atoms with E-state index in [9.17, 15) is 4.39 Å². The van der Waals surface area contributed by atoms with E-state index in [1.165, 1.54) is 23.3 Å². The van der Waals surface area contributed by atoms with E-state index in [2.05, 4.69) is 54.6 Å². The standard InChI is InChI=1S/C21H17F/c22-20-14-11-17(12-15-20)13-16-21(18-7-3-1-4-8-18)19-9-5-2-6-10-19/h1-16,21H/b16-13+. The zero-order valence-electron chi connectivity index (χ0n) is 12.2. The first-order chi connectivity index (χ1) is 10.8. The normalized spacial score (nSPS) is 11.2. The topological polar surface area (TPSA) is 0 Å². The van der Waals surface area contributed by atoms with Gasteiger partial charge in [0.2, 0.25) is 0 Å². The van der Waals surface area contributed by atoms with Gasteiger partial charge in [0.1, 0.15) is 5.82 Å². The van der Waals surface area contributed by atoms with Crippen LogP contribution in [-0.2, 0) is 0 Å². The van der Waals surface area contributed by atoms with Gasteiger partial charge in [-0.25, -0.2) is 4.39 Å². The van der Waals surface area contributed by atoms with E-state index < -0.39 is 0 Å².